The molecule has 1 heterocycles. The van der Waals surface area contributed by atoms with Crippen molar-refractivity contribution in [3.8, 4) is 5.75 Å². The van der Waals surface area contributed by atoms with Crippen LogP contribution >= 0.6 is 11.6 Å². The number of aromatic nitrogens is 1. The van der Waals surface area contributed by atoms with Crippen molar-refractivity contribution in [1.29, 1.82) is 0 Å². The van der Waals surface area contributed by atoms with E-state index in [4.69, 9.17) is 20.2 Å². The van der Waals surface area contributed by atoms with Gasteiger partial charge in [0.2, 0.25) is 0 Å². The topological polar surface area (TPSA) is 57.5 Å². The maximum absolute atomic E-state index is 13.3. The van der Waals surface area contributed by atoms with Crippen molar-refractivity contribution in [2.45, 2.75) is 13.3 Å². The SMILES string of the molecule is COc1ccc2c(c1)c(CC(=O)O[Se]c1ccccc1)c(C)n2C(=O)c1ccc(Cl)cc1. The van der Waals surface area contributed by atoms with E-state index in [0.29, 0.717) is 27.5 Å². The molecule has 0 saturated heterocycles. The van der Waals surface area contributed by atoms with Gasteiger partial charge in [-0.25, -0.2) is 0 Å². The van der Waals surface area contributed by atoms with Crippen LogP contribution in [0.25, 0.3) is 10.9 Å². The molecular formula is C25H20ClNO4Se. The van der Waals surface area contributed by atoms with Crippen LogP contribution in [0.2, 0.25) is 5.02 Å². The average Bonchev–Trinajstić information content (AvgIpc) is 3.08. The van der Waals surface area contributed by atoms with Gasteiger partial charge in [-0.2, -0.15) is 0 Å². The first-order valence-electron chi connectivity index (χ1n) is 9.88. The van der Waals surface area contributed by atoms with Crippen LogP contribution in [0.15, 0.2) is 72.8 Å². The van der Waals surface area contributed by atoms with E-state index in [1.54, 1.807) is 42.0 Å². The molecule has 0 unspecified atom stereocenters. The molecule has 0 radical (unpaired) electrons. The fraction of sp³-hybridized carbons (Fsp3) is 0.120. The third-order valence-corrected chi connectivity index (χ3v) is 6.92. The van der Waals surface area contributed by atoms with E-state index in [-0.39, 0.29) is 18.3 Å². The molecule has 3 aromatic carbocycles. The summed E-state index contributed by atoms with van der Waals surface area (Å²) in [5.74, 6) is 0.122. The summed E-state index contributed by atoms with van der Waals surface area (Å²) in [6, 6.07) is 21.8. The molecule has 0 N–H and O–H groups in total. The molecule has 0 aliphatic rings. The van der Waals surface area contributed by atoms with Gasteiger partial charge in [0, 0.05) is 0 Å². The number of benzene rings is 3. The van der Waals surface area contributed by atoms with Crippen LogP contribution in [-0.4, -0.2) is 38.8 Å². The molecule has 7 heteroatoms. The Hall–Kier alpha value is -3.05. The third kappa shape index (κ3) is 4.58. The Labute approximate surface area is 197 Å². The van der Waals surface area contributed by atoms with Crippen molar-refractivity contribution in [2.75, 3.05) is 7.11 Å². The van der Waals surface area contributed by atoms with E-state index >= 15 is 0 Å². The van der Waals surface area contributed by atoms with Crippen molar-refractivity contribution in [2.24, 2.45) is 0 Å². The normalized spacial score (nSPS) is 10.8. The van der Waals surface area contributed by atoms with E-state index in [2.05, 4.69) is 0 Å². The molecule has 1 aromatic heterocycles. The maximum atomic E-state index is 13.3. The Balaban J connectivity index is 1.69. The van der Waals surface area contributed by atoms with Crippen molar-refractivity contribution in [3.05, 3.63) is 94.6 Å². The number of nitrogens with zero attached hydrogens (tertiary/aromatic N) is 1. The molecule has 0 aliphatic carbocycles. The Bertz CT molecular complexity index is 1280. The van der Waals surface area contributed by atoms with Crippen molar-refractivity contribution in [3.63, 3.8) is 0 Å². The van der Waals surface area contributed by atoms with Crippen molar-refractivity contribution < 1.29 is 18.1 Å². The van der Waals surface area contributed by atoms with Gasteiger partial charge in [0.15, 0.2) is 0 Å². The molecule has 4 rings (SSSR count). The second-order valence-electron chi connectivity index (χ2n) is 7.12. The summed E-state index contributed by atoms with van der Waals surface area (Å²) in [6.45, 7) is 1.84. The zero-order chi connectivity index (χ0) is 22.7. The molecule has 0 aliphatic heterocycles. The van der Waals surface area contributed by atoms with E-state index in [9.17, 15) is 9.59 Å². The van der Waals surface area contributed by atoms with Gasteiger partial charge < -0.3 is 0 Å². The molecule has 0 fully saturated rings. The number of ether oxygens (including phenoxy) is 1. The summed E-state index contributed by atoms with van der Waals surface area (Å²) in [7, 11) is 1.58. The second-order valence-corrected chi connectivity index (χ2v) is 9.25. The summed E-state index contributed by atoms with van der Waals surface area (Å²) >= 11 is 5.56. The van der Waals surface area contributed by atoms with E-state index in [1.807, 2.05) is 49.4 Å². The minimum atomic E-state index is -0.415. The van der Waals surface area contributed by atoms with Gasteiger partial charge in [-0.3, -0.25) is 0 Å². The molecule has 0 spiro atoms. The number of carbonyl (C=O) groups excluding carboxylic acids is 2. The van der Waals surface area contributed by atoms with Gasteiger partial charge in [0.1, 0.15) is 0 Å². The summed E-state index contributed by atoms with van der Waals surface area (Å²) in [5.41, 5.74) is 2.65. The zero-order valence-electron chi connectivity index (χ0n) is 17.5. The Morgan fingerprint density at radius 1 is 1.00 bits per heavy atom. The number of hydrogen-bond donors (Lipinski definition) is 0. The summed E-state index contributed by atoms with van der Waals surface area (Å²) in [4.78, 5) is 26.0. The fourth-order valence-corrected chi connectivity index (χ4v) is 4.75. The zero-order valence-corrected chi connectivity index (χ0v) is 20.0. The molecule has 162 valence electrons. The Morgan fingerprint density at radius 2 is 1.72 bits per heavy atom. The number of hydrogen-bond acceptors (Lipinski definition) is 4. The first kappa shape index (κ1) is 22.2. The molecular weight excluding hydrogens is 493 g/mol. The molecule has 0 amide bonds. The Kier molecular flexibility index (Phi) is 6.66. The summed E-state index contributed by atoms with van der Waals surface area (Å²) < 4.78 is 13.5. The minimum absolute atomic E-state index is 0.0605. The summed E-state index contributed by atoms with van der Waals surface area (Å²) in [5, 5.41) is 1.34. The van der Waals surface area contributed by atoms with E-state index in [0.717, 1.165) is 15.4 Å². The number of methoxy groups -OCH3 is 1. The number of rotatable bonds is 6. The molecule has 4 aromatic rings. The van der Waals surface area contributed by atoms with Gasteiger partial charge in [-0.05, 0) is 0 Å². The molecule has 0 atom stereocenters. The second kappa shape index (κ2) is 9.61. The molecule has 0 bridgehead atoms. The fourth-order valence-electron chi connectivity index (χ4n) is 3.54. The van der Waals surface area contributed by atoms with Gasteiger partial charge in [-0.1, -0.05) is 0 Å². The monoisotopic (exact) mass is 513 g/mol. The first-order chi connectivity index (χ1) is 15.5. The van der Waals surface area contributed by atoms with E-state index in [1.165, 1.54) is 0 Å². The van der Waals surface area contributed by atoms with Crippen molar-refractivity contribution in [1.82, 2.24) is 4.57 Å². The first-order valence-corrected chi connectivity index (χ1v) is 11.8. The van der Waals surface area contributed by atoms with Crippen LogP contribution in [0, 0.1) is 6.92 Å². The number of carbonyl (C=O) groups is 2. The molecule has 32 heavy (non-hydrogen) atoms. The molecule has 0 saturated carbocycles. The third-order valence-electron chi connectivity index (χ3n) is 5.13. The van der Waals surface area contributed by atoms with Crippen LogP contribution in [0.5, 0.6) is 5.75 Å². The van der Waals surface area contributed by atoms with Crippen molar-refractivity contribution >= 4 is 54.1 Å². The van der Waals surface area contributed by atoms with Crippen LogP contribution < -0.4 is 9.20 Å². The van der Waals surface area contributed by atoms with Gasteiger partial charge >= 0.3 is 198 Å². The predicted octanol–water partition coefficient (Wildman–Crippen LogP) is 4.33. The number of halogens is 1. The summed E-state index contributed by atoms with van der Waals surface area (Å²) in [6.07, 6.45) is 0.0605. The van der Waals surface area contributed by atoms with Crippen LogP contribution in [0.3, 0.4) is 0 Å². The van der Waals surface area contributed by atoms with Gasteiger partial charge in [0.25, 0.3) is 0 Å². The van der Waals surface area contributed by atoms with Crippen LogP contribution in [-0.2, 0) is 15.0 Å². The standard InChI is InChI=1S/C25H20ClNO4Se/c1-16-21(15-24(28)31-32-20-6-4-3-5-7-20)22-14-19(30-2)12-13-23(22)27(16)25(29)17-8-10-18(26)11-9-17/h3-14H,15H2,1-2H3. The average molecular weight is 513 g/mol. The van der Waals surface area contributed by atoms with Crippen LogP contribution in [0.1, 0.15) is 21.6 Å². The quantitative estimate of drug-likeness (QED) is 0.361. The number of fused-ring (bicyclic) bond motifs is 1. The van der Waals surface area contributed by atoms with Crippen LogP contribution in [0.4, 0.5) is 0 Å². The van der Waals surface area contributed by atoms with Gasteiger partial charge in [-0.15, -0.1) is 0 Å². The molecule has 5 nitrogen and oxygen atoms in total. The Morgan fingerprint density at radius 3 is 2.41 bits per heavy atom. The van der Waals surface area contributed by atoms with E-state index < -0.39 is 15.3 Å². The van der Waals surface area contributed by atoms with Gasteiger partial charge in [0.05, 0.1) is 0 Å². The predicted molar refractivity (Wildman–Crippen MR) is 126 cm³/mol.